The minimum absolute atomic E-state index is 0.260. The maximum absolute atomic E-state index is 6.13. The van der Waals surface area contributed by atoms with Gasteiger partial charge in [0.25, 0.3) is 18.2 Å². The van der Waals surface area contributed by atoms with Crippen LogP contribution in [0.4, 0.5) is 0 Å². The molecule has 0 bridgehead atoms. The molecule has 5 rings (SSSR count). The molecule has 37 heavy (non-hydrogen) atoms. The van der Waals surface area contributed by atoms with Crippen LogP contribution in [0.3, 0.4) is 0 Å². The zero-order valence-electron chi connectivity index (χ0n) is 22.7. The van der Waals surface area contributed by atoms with E-state index in [1.54, 1.807) is 24.3 Å². The Morgan fingerprint density at radius 2 is 0.919 bits per heavy atom. The average Bonchev–Trinajstić information content (AvgIpc) is 3.55. The summed E-state index contributed by atoms with van der Waals surface area (Å²) >= 11 is 0. The maximum atomic E-state index is 6.13. The van der Waals surface area contributed by atoms with E-state index in [4.69, 9.17) is 36.9 Å². The largest absolute Gasteiger partial charge is 0.532 e. The topological polar surface area (TPSA) is 81.7 Å². The van der Waals surface area contributed by atoms with Gasteiger partial charge in [0.05, 0.1) is 22.4 Å². The van der Waals surface area contributed by atoms with Crippen LogP contribution in [0, 0.1) is 0 Å². The smallest absolute Gasteiger partial charge is 0.435 e. The molecule has 0 N–H and O–H groups in total. The first-order valence-corrected chi connectivity index (χ1v) is 12.6. The molecule has 0 amide bonds. The first kappa shape index (κ1) is 26.0. The van der Waals surface area contributed by atoms with Gasteiger partial charge >= 0.3 is 14.2 Å². The van der Waals surface area contributed by atoms with Crippen LogP contribution in [-0.4, -0.2) is 36.6 Å². The van der Waals surface area contributed by atoms with Gasteiger partial charge in [-0.1, -0.05) is 30.3 Å². The fourth-order valence-corrected chi connectivity index (χ4v) is 3.95. The van der Waals surface area contributed by atoms with Gasteiger partial charge in [-0.25, -0.2) is 0 Å². The second kappa shape index (κ2) is 8.98. The minimum Gasteiger partial charge on any atom is -0.435 e. The molecule has 0 aliphatic carbocycles. The van der Waals surface area contributed by atoms with Gasteiger partial charge in [0.15, 0.2) is 0 Å². The Hall–Kier alpha value is -2.65. The lowest BCUT2D eigenvalue weighted by molar-refractivity contribution is -0.0273. The van der Waals surface area contributed by atoms with Crippen LogP contribution in [0.1, 0.15) is 67.2 Å². The summed E-state index contributed by atoms with van der Waals surface area (Å²) in [6.07, 6.45) is -0.837. The second-order valence-electron chi connectivity index (χ2n) is 11.5. The van der Waals surface area contributed by atoms with E-state index in [2.05, 4.69) is 0 Å². The molecule has 4 heterocycles. The first-order chi connectivity index (χ1) is 17.3. The minimum atomic E-state index is -0.837. The van der Waals surface area contributed by atoms with Crippen molar-refractivity contribution >= 4 is 25.6 Å². The van der Waals surface area contributed by atoms with Gasteiger partial charge in [-0.3, -0.25) is 0 Å². The Kier molecular flexibility index (Phi) is 6.30. The Labute approximate surface area is 218 Å². The predicted molar refractivity (Wildman–Crippen MR) is 139 cm³/mol. The molecule has 2 aliphatic heterocycles. The van der Waals surface area contributed by atoms with Crippen molar-refractivity contribution < 1.29 is 36.9 Å². The molecule has 0 atom stereocenters. The van der Waals surface area contributed by atoms with Crippen molar-refractivity contribution in [3.05, 3.63) is 60.2 Å². The fourth-order valence-electron chi connectivity index (χ4n) is 3.95. The van der Waals surface area contributed by atoms with E-state index in [-0.39, 0.29) is 11.9 Å². The van der Waals surface area contributed by atoms with Crippen molar-refractivity contribution in [1.82, 2.24) is 0 Å². The van der Waals surface area contributed by atoms with Crippen LogP contribution in [0.5, 0.6) is 11.9 Å². The van der Waals surface area contributed by atoms with Crippen molar-refractivity contribution in [1.29, 1.82) is 0 Å². The fraction of sp³-hybridized carbons (Fsp3) is 0.481. The van der Waals surface area contributed by atoms with E-state index < -0.39 is 42.9 Å². The highest BCUT2D eigenvalue weighted by molar-refractivity contribution is 6.61. The highest BCUT2D eigenvalue weighted by atomic mass is 16.7. The van der Waals surface area contributed by atoms with Gasteiger partial charge in [0.1, 0.15) is 11.3 Å². The number of ether oxygens (including phenoxy) is 2. The number of benzene rings is 1. The lowest BCUT2D eigenvalue weighted by atomic mass is 9.86. The van der Waals surface area contributed by atoms with Crippen molar-refractivity contribution in [2.75, 3.05) is 0 Å². The van der Waals surface area contributed by atoms with Crippen molar-refractivity contribution in [2.24, 2.45) is 0 Å². The molecule has 3 aromatic rings. The summed E-state index contributed by atoms with van der Waals surface area (Å²) in [5.74, 6) is 0.521. The summed E-state index contributed by atoms with van der Waals surface area (Å²) in [4.78, 5) is 0. The zero-order chi connectivity index (χ0) is 26.6. The number of hydrogen-bond acceptors (Lipinski definition) is 8. The third kappa shape index (κ3) is 4.95. The molecule has 2 aromatic heterocycles. The van der Waals surface area contributed by atoms with Crippen molar-refractivity contribution in [3.63, 3.8) is 0 Å². The SMILES string of the molecule is CC1(C)OB(c2ccc(OC(Oc3ccc(B4OC(C)(C)C(C)(C)O4)o3)c3ccccc3)o2)OC1(C)C. The third-order valence-electron chi connectivity index (χ3n) is 7.69. The standard InChI is InChI=1S/C27H34B2O8/c1-24(2)25(3,4)35-28(34-24)19-14-16-21(30-19)32-23(18-12-10-9-11-13-18)33-22-17-15-20(31-22)29-36-26(5,6)27(7,8)37-29/h9-17,23H,1-8H3. The monoisotopic (exact) mass is 508 g/mol. The summed E-state index contributed by atoms with van der Waals surface area (Å²) in [6, 6.07) is 16.5. The van der Waals surface area contributed by atoms with Crippen LogP contribution in [0.25, 0.3) is 0 Å². The highest BCUT2D eigenvalue weighted by Crippen LogP contribution is 2.38. The first-order valence-electron chi connectivity index (χ1n) is 12.6. The van der Waals surface area contributed by atoms with Gasteiger partial charge in [0.2, 0.25) is 0 Å². The predicted octanol–water partition coefficient (Wildman–Crippen LogP) is 4.63. The Bertz CT molecular complexity index is 1120. The van der Waals surface area contributed by atoms with Crippen molar-refractivity contribution in [3.8, 4) is 11.9 Å². The molecule has 2 fully saturated rings. The summed E-state index contributed by atoms with van der Waals surface area (Å²) in [5.41, 5.74) is -0.0948. The maximum Gasteiger partial charge on any atom is 0.532 e. The molecule has 8 nitrogen and oxygen atoms in total. The molecule has 2 saturated heterocycles. The van der Waals surface area contributed by atoms with E-state index in [0.717, 1.165) is 5.56 Å². The third-order valence-corrected chi connectivity index (χ3v) is 7.69. The van der Waals surface area contributed by atoms with Gasteiger partial charge in [0, 0.05) is 17.7 Å². The molecule has 10 heteroatoms. The molecule has 0 radical (unpaired) electrons. The van der Waals surface area contributed by atoms with E-state index in [1.165, 1.54) is 0 Å². The number of hydrogen-bond donors (Lipinski definition) is 0. The lowest BCUT2D eigenvalue weighted by Crippen LogP contribution is -2.41. The van der Waals surface area contributed by atoms with Crippen LogP contribution in [0.15, 0.2) is 63.4 Å². The molecule has 0 unspecified atom stereocenters. The summed E-state index contributed by atoms with van der Waals surface area (Å²) in [7, 11) is -1.27. The van der Waals surface area contributed by atoms with Gasteiger partial charge in [-0.15, -0.1) is 0 Å². The van der Waals surface area contributed by atoms with Gasteiger partial charge in [-0.05, 0) is 67.5 Å². The van der Waals surface area contributed by atoms with Gasteiger partial charge < -0.3 is 36.9 Å². The van der Waals surface area contributed by atoms with Crippen molar-refractivity contribution in [2.45, 2.75) is 84.1 Å². The second-order valence-corrected chi connectivity index (χ2v) is 11.5. The summed E-state index contributed by atoms with van der Waals surface area (Å²) in [5, 5.41) is 0. The van der Waals surface area contributed by atoms with Crippen LogP contribution in [0.2, 0.25) is 0 Å². The molecule has 196 valence electrons. The van der Waals surface area contributed by atoms with Gasteiger partial charge in [-0.2, -0.15) is 0 Å². The molecule has 0 spiro atoms. The Balaban J connectivity index is 1.32. The molecule has 1 aromatic carbocycles. The quantitative estimate of drug-likeness (QED) is 0.338. The van der Waals surface area contributed by atoms with E-state index in [9.17, 15) is 0 Å². The zero-order valence-corrected chi connectivity index (χ0v) is 22.7. The number of rotatable bonds is 7. The van der Waals surface area contributed by atoms with Crippen LogP contribution >= 0.6 is 0 Å². The molecular formula is C27H34B2O8. The highest BCUT2D eigenvalue weighted by Gasteiger charge is 2.54. The van der Waals surface area contributed by atoms with Crippen LogP contribution < -0.4 is 20.8 Å². The number of furan rings is 2. The summed E-state index contributed by atoms with van der Waals surface area (Å²) in [6.45, 7) is 16.0. The summed E-state index contributed by atoms with van der Waals surface area (Å²) < 4.78 is 48.5. The Morgan fingerprint density at radius 3 is 1.30 bits per heavy atom. The molecule has 0 saturated carbocycles. The van der Waals surface area contributed by atoms with E-state index >= 15 is 0 Å². The van der Waals surface area contributed by atoms with E-state index in [0.29, 0.717) is 11.3 Å². The lowest BCUT2D eigenvalue weighted by Gasteiger charge is -2.32. The van der Waals surface area contributed by atoms with Crippen LogP contribution in [-0.2, 0) is 18.6 Å². The Morgan fingerprint density at radius 1 is 0.541 bits per heavy atom. The van der Waals surface area contributed by atoms with E-state index in [1.807, 2.05) is 85.7 Å². The normalized spacial score (nSPS) is 21.5. The molecule has 2 aliphatic rings. The molecular weight excluding hydrogens is 474 g/mol. The average molecular weight is 508 g/mol.